The van der Waals surface area contributed by atoms with Gasteiger partial charge in [-0.15, -0.1) is 0 Å². The normalized spacial score (nSPS) is 10.5. The number of methoxy groups -OCH3 is 1. The zero-order chi connectivity index (χ0) is 19.3. The molecule has 0 radical (unpaired) electrons. The second-order valence-electron chi connectivity index (χ2n) is 6.78. The predicted molar refractivity (Wildman–Crippen MR) is 105 cm³/mol. The zero-order valence-corrected chi connectivity index (χ0v) is 16.9. The van der Waals surface area contributed by atoms with E-state index in [0.29, 0.717) is 13.2 Å². The molecular formula is C20H40N2O4. The standard InChI is InChI=1S/C20H40N2O4/c1-19(23)21-15-11-7-6-8-12-16-22-20(24)26-18-14-10-5-3-4-9-13-17-25-2/h3-18H2,1-2H3,(H,21,23)(H,22,24). The van der Waals surface area contributed by atoms with Gasteiger partial charge in [0.05, 0.1) is 6.61 Å². The van der Waals surface area contributed by atoms with Crippen LogP contribution >= 0.6 is 0 Å². The molecule has 0 saturated carbocycles. The van der Waals surface area contributed by atoms with Crippen molar-refractivity contribution in [2.45, 2.75) is 84.0 Å². The first kappa shape index (κ1) is 24.7. The highest BCUT2D eigenvalue weighted by Gasteiger charge is 2.01. The Morgan fingerprint density at radius 1 is 0.654 bits per heavy atom. The first-order valence-corrected chi connectivity index (χ1v) is 10.3. The Bertz CT molecular complexity index is 338. The minimum Gasteiger partial charge on any atom is -0.450 e. The Morgan fingerprint density at radius 2 is 1.12 bits per heavy atom. The van der Waals surface area contributed by atoms with Gasteiger partial charge in [-0.1, -0.05) is 51.4 Å². The fourth-order valence-electron chi connectivity index (χ4n) is 2.68. The molecule has 6 heteroatoms. The van der Waals surface area contributed by atoms with E-state index in [1.807, 2.05) is 0 Å². The van der Waals surface area contributed by atoms with Gasteiger partial charge < -0.3 is 20.1 Å². The maximum Gasteiger partial charge on any atom is 0.407 e. The van der Waals surface area contributed by atoms with Gasteiger partial charge in [0.2, 0.25) is 5.91 Å². The van der Waals surface area contributed by atoms with E-state index in [1.54, 1.807) is 7.11 Å². The summed E-state index contributed by atoms with van der Waals surface area (Å²) in [4.78, 5) is 22.2. The van der Waals surface area contributed by atoms with E-state index in [4.69, 9.17) is 9.47 Å². The third-order valence-electron chi connectivity index (χ3n) is 4.22. The van der Waals surface area contributed by atoms with Gasteiger partial charge in [-0.25, -0.2) is 4.79 Å². The molecule has 0 aromatic rings. The van der Waals surface area contributed by atoms with Crippen LogP contribution in [0.15, 0.2) is 0 Å². The van der Waals surface area contributed by atoms with Gasteiger partial charge >= 0.3 is 6.09 Å². The van der Waals surface area contributed by atoms with E-state index in [2.05, 4.69) is 10.6 Å². The van der Waals surface area contributed by atoms with Crippen molar-refractivity contribution in [3.8, 4) is 0 Å². The molecule has 0 aliphatic carbocycles. The van der Waals surface area contributed by atoms with E-state index in [0.717, 1.165) is 64.5 Å². The highest BCUT2D eigenvalue weighted by atomic mass is 16.5. The number of carbonyl (C=O) groups excluding carboxylic acids is 2. The van der Waals surface area contributed by atoms with Crippen LogP contribution in [0.25, 0.3) is 0 Å². The number of alkyl carbamates (subject to hydrolysis) is 1. The minimum atomic E-state index is -0.296. The van der Waals surface area contributed by atoms with Crippen molar-refractivity contribution in [1.29, 1.82) is 0 Å². The molecule has 6 nitrogen and oxygen atoms in total. The molecule has 154 valence electrons. The molecule has 0 atom stereocenters. The second kappa shape index (κ2) is 20.0. The van der Waals surface area contributed by atoms with Gasteiger partial charge in [-0.05, 0) is 25.7 Å². The van der Waals surface area contributed by atoms with Crippen LogP contribution in [-0.2, 0) is 14.3 Å². The van der Waals surface area contributed by atoms with Crippen LogP contribution in [0.4, 0.5) is 4.79 Å². The molecule has 0 bridgehead atoms. The Kier molecular flexibility index (Phi) is 19.0. The van der Waals surface area contributed by atoms with Crippen LogP contribution in [0, 0.1) is 0 Å². The smallest absolute Gasteiger partial charge is 0.407 e. The first-order valence-electron chi connectivity index (χ1n) is 10.3. The molecule has 0 unspecified atom stereocenters. The van der Waals surface area contributed by atoms with Crippen molar-refractivity contribution in [3.05, 3.63) is 0 Å². The lowest BCUT2D eigenvalue weighted by molar-refractivity contribution is -0.118. The van der Waals surface area contributed by atoms with E-state index >= 15 is 0 Å². The van der Waals surface area contributed by atoms with Crippen molar-refractivity contribution in [2.75, 3.05) is 33.4 Å². The van der Waals surface area contributed by atoms with E-state index in [1.165, 1.54) is 32.6 Å². The molecule has 0 aliphatic rings. The molecule has 0 spiro atoms. The molecule has 0 fully saturated rings. The molecule has 0 saturated heterocycles. The van der Waals surface area contributed by atoms with Crippen LogP contribution in [0.5, 0.6) is 0 Å². The highest BCUT2D eigenvalue weighted by Crippen LogP contribution is 2.07. The highest BCUT2D eigenvalue weighted by molar-refractivity contribution is 5.72. The zero-order valence-electron chi connectivity index (χ0n) is 16.9. The van der Waals surface area contributed by atoms with E-state index in [9.17, 15) is 9.59 Å². The minimum absolute atomic E-state index is 0.0330. The maximum absolute atomic E-state index is 11.5. The number of carbonyl (C=O) groups is 2. The molecule has 0 aliphatic heterocycles. The van der Waals surface area contributed by atoms with Gasteiger partial charge in [0, 0.05) is 33.7 Å². The SMILES string of the molecule is COCCCCCCCCCOC(=O)NCCCCCCCNC(C)=O. The molecule has 2 amide bonds. The molecule has 0 aromatic heterocycles. The van der Waals surface area contributed by atoms with Gasteiger partial charge in [-0.2, -0.15) is 0 Å². The van der Waals surface area contributed by atoms with Gasteiger partial charge in [0.15, 0.2) is 0 Å². The lowest BCUT2D eigenvalue weighted by Gasteiger charge is -2.07. The van der Waals surface area contributed by atoms with Crippen LogP contribution in [-0.4, -0.2) is 45.4 Å². The lowest BCUT2D eigenvalue weighted by Crippen LogP contribution is -2.25. The number of ether oxygens (including phenoxy) is 2. The van der Waals surface area contributed by atoms with E-state index < -0.39 is 0 Å². The molecular weight excluding hydrogens is 332 g/mol. The summed E-state index contributed by atoms with van der Waals surface area (Å²) in [6, 6.07) is 0. The summed E-state index contributed by atoms with van der Waals surface area (Å²) in [5.74, 6) is 0.0330. The Balaban J connectivity index is 3.17. The van der Waals surface area contributed by atoms with Crippen molar-refractivity contribution < 1.29 is 19.1 Å². The number of unbranched alkanes of at least 4 members (excludes halogenated alkanes) is 10. The summed E-state index contributed by atoms with van der Waals surface area (Å²) in [5.41, 5.74) is 0. The summed E-state index contributed by atoms with van der Waals surface area (Å²) < 4.78 is 10.2. The largest absolute Gasteiger partial charge is 0.450 e. The van der Waals surface area contributed by atoms with Crippen molar-refractivity contribution in [1.82, 2.24) is 10.6 Å². The van der Waals surface area contributed by atoms with Crippen LogP contribution in [0.3, 0.4) is 0 Å². The fraction of sp³-hybridized carbons (Fsp3) is 0.900. The fourth-order valence-corrected chi connectivity index (χ4v) is 2.68. The lowest BCUT2D eigenvalue weighted by atomic mass is 10.1. The molecule has 0 rings (SSSR count). The number of nitrogens with one attached hydrogen (secondary N) is 2. The van der Waals surface area contributed by atoms with Crippen molar-refractivity contribution in [3.63, 3.8) is 0 Å². The summed E-state index contributed by atoms with van der Waals surface area (Å²) in [6.45, 7) is 4.34. The Hall–Kier alpha value is -1.30. The number of rotatable bonds is 18. The molecule has 0 heterocycles. The quantitative estimate of drug-likeness (QED) is 0.354. The average Bonchev–Trinajstić information content (AvgIpc) is 2.61. The monoisotopic (exact) mass is 372 g/mol. The molecule has 2 N–H and O–H groups in total. The third-order valence-corrected chi connectivity index (χ3v) is 4.22. The van der Waals surface area contributed by atoms with Gasteiger partial charge in [0.1, 0.15) is 0 Å². The predicted octanol–water partition coefficient (Wildman–Crippen LogP) is 4.18. The van der Waals surface area contributed by atoms with Crippen LogP contribution < -0.4 is 10.6 Å². The Labute approximate surface area is 159 Å². The molecule has 26 heavy (non-hydrogen) atoms. The summed E-state index contributed by atoms with van der Waals surface area (Å²) in [5, 5.41) is 5.59. The van der Waals surface area contributed by atoms with Crippen molar-refractivity contribution >= 4 is 12.0 Å². The first-order chi connectivity index (χ1) is 12.7. The van der Waals surface area contributed by atoms with Gasteiger partial charge in [-0.3, -0.25) is 4.79 Å². The van der Waals surface area contributed by atoms with Crippen LogP contribution in [0.2, 0.25) is 0 Å². The van der Waals surface area contributed by atoms with E-state index in [-0.39, 0.29) is 12.0 Å². The number of hydrogen-bond donors (Lipinski definition) is 2. The number of amides is 2. The summed E-state index contributed by atoms with van der Waals surface area (Å²) in [6.07, 6.45) is 13.2. The Morgan fingerprint density at radius 3 is 1.65 bits per heavy atom. The summed E-state index contributed by atoms with van der Waals surface area (Å²) >= 11 is 0. The van der Waals surface area contributed by atoms with Crippen LogP contribution in [0.1, 0.15) is 84.0 Å². The second-order valence-corrected chi connectivity index (χ2v) is 6.78. The number of hydrogen-bond acceptors (Lipinski definition) is 4. The van der Waals surface area contributed by atoms with Crippen molar-refractivity contribution in [2.24, 2.45) is 0 Å². The molecule has 0 aromatic carbocycles. The maximum atomic E-state index is 11.5. The topological polar surface area (TPSA) is 76.7 Å². The third kappa shape index (κ3) is 20.7. The summed E-state index contributed by atoms with van der Waals surface area (Å²) in [7, 11) is 1.74. The van der Waals surface area contributed by atoms with Gasteiger partial charge in [0.25, 0.3) is 0 Å². The average molecular weight is 373 g/mol.